The van der Waals surface area contributed by atoms with E-state index in [0.29, 0.717) is 11.4 Å². The lowest BCUT2D eigenvalue weighted by Crippen LogP contribution is -2.17. The van der Waals surface area contributed by atoms with Crippen molar-refractivity contribution in [2.75, 3.05) is 0 Å². The summed E-state index contributed by atoms with van der Waals surface area (Å²) in [4.78, 5) is 10.6. The summed E-state index contributed by atoms with van der Waals surface area (Å²) >= 11 is 0. The highest BCUT2D eigenvalue weighted by molar-refractivity contribution is 5.98. The predicted octanol–water partition coefficient (Wildman–Crippen LogP) is 16.5. The quantitative estimate of drug-likeness (QED) is 0.166. The predicted molar refractivity (Wildman–Crippen MR) is 278 cm³/mol. The zero-order valence-electron chi connectivity index (χ0n) is 41.0. The van der Waals surface area contributed by atoms with E-state index in [2.05, 4.69) is 194 Å². The number of pyridine rings is 1. The monoisotopic (exact) mass is 864 g/mol. The summed E-state index contributed by atoms with van der Waals surface area (Å²) in [5, 5.41) is 12.6. The minimum absolute atomic E-state index is 0.0969. The normalized spacial score (nSPS) is 13.4. The second-order valence-corrected chi connectivity index (χ2v) is 20.8. The Balaban J connectivity index is 1.38. The van der Waals surface area contributed by atoms with Crippen molar-refractivity contribution in [3.05, 3.63) is 204 Å². The van der Waals surface area contributed by atoms with Gasteiger partial charge in [-0.1, -0.05) is 191 Å². The first-order valence-corrected chi connectivity index (χ1v) is 23.1. The molecule has 0 saturated heterocycles. The van der Waals surface area contributed by atoms with Crippen LogP contribution in [-0.2, 0) is 16.2 Å². The number of fused-ring (bicyclic) bond motifs is 1. The zero-order valence-corrected chi connectivity index (χ0v) is 40.0. The number of para-hydroxylation sites is 1. The summed E-state index contributed by atoms with van der Waals surface area (Å²) in [6.07, 6.45) is 1.87. The van der Waals surface area contributed by atoms with Gasteiger partial charge in [0.15, 0.2) is 0 Å². The number of aromatic hydroxyl groups is 1. The summed E-state index contributed by atoms with van der Waals surface area (Å²) in [6, 6.07) is 59.1. The number of nitrogens with zero attached hydrogens (tertiary/aromatic N) is 3. The van der Waals surface area contributed by atoms with E-state index in [1.807, 2.05) is 55.6 Å². The Kier molecular flexibility index (Phi) is 11.1. The lowest BCUT2D eigenvalue weighted by molar-refractivity contribution is 0.446. The molecule has 330 valence electrons. The Labute approximate surface area is 393 Å². The Morgan fingerprint density at radius 1 is 0.500 bits per heavy atom. The van der Waals surface area contributed by atoms with Gasteiger partial charge in [0.25, 0.3) is 0 Å². The summed E-state index contributed by atoms with van der Waals surface area (Å²) in [5.74, 6) is -0.211. The van der Waals surface area contributed by atoms with Crippen LogP contribution >= 0.6 is 0 Å². The largest absolute Gasteiger partial charge is 0.507 e. The van der Waals surface area contributed by atoms with Gasteiger partial charge in [0.1, 0.15) is 11.6 Å². The lowest BCUT2D eigenvalue weighted by Gasteiger charge is -2.28. The molecule has 0 aliphatic heterocycles. The van der Waals surface area contributed by atoms with Crippen molar-refractivity contribution in [2.24, 2.45) is 0 Å². The molecule has 2 heterocycles. The van der Waals surface area contributed by atoms with Gasteiger partial charge < -0.3 is 5.11 Å². The van der Waals surface area contributed by atoms with Gasteiger partial charge in [-0.25, -0.2) is 4.98 Å². The van der Waals surface area contributed by atoms with E-state index in [1.54, 1.807) is 0 Å². The Bertz CT molecular complexity index is 3260. The first kappa shape index (κ1) is 42.9. The highest BCUT2D eigenvalue weighted by atomic mass is 16.3. The van der Waals surface area contributed by atoms with Crippen molar-refractivity contribution in [3.8, 4) is 67.5 Å². The average Bonchev–Trinajstić information content (AvgIpc) is 3.70. The molecule has 0 radical (unpaired) electrons. The van der Waals surface area contributed by atoms with Crippen LogP contribution < -0.4 is 0 Å². The molecule has 1 unspecified atom stereocenters. The summed E-state index contributed by atoms with van der Waals surface area (Å²) in [6.45, 7) is 21.9. The average molecular weight is 865 g/mol. The Hall–Kier alpha value is -7.04. The molecule has 0 aliphatic rings. The second kappa shape index (κ2) is 17.1. The van der Waals surface area contributed by atoms with Gasteiger partial charge in [-0.15, -0.1) is 0 Å². The van der Waals surface area contributed by atoms with Crippen LogP contribution in [0.4, 0.5) is 0 Å². The third-order valence-corrected chi connectivity index (χ3v) is 12.9. The number of aromatic nitrogens is 3. The standard InChI is InChI=1S/C62H61N3O/c1-40(41-21-14-11-15-22-41)45-33-46(35-47(34-45)54-36-44(31-32-63-54)42-23-16-12-17-24-42)50-27-20-28-56-57(50)64-59(52-38-49(61(5,6)7)39-53(58(52)66)62(8,9)10)65(56)55-30-29-48(60(2,3)4)37-51(55)43-25-18-13-19-26-43/h11-40,66H,1-10H3/i40D. The fourth-order valence-electron chi connectivity index (χ4n) is 9.01. The number of benzene rings is 7. The van der Waals surface area contributed by atoms with Crippen molar-refractivity contribution in [1.29, 1.82) is 0 Å². The van der Waals surface area contributed by atoms with Crippen molar-refractivity contribution < 1.29 is 6.48 Å². The molecule has 7 aromatic carbocycles. The first-order chi connectivity index (χ1) is 31.8. The molecule has 2 aromatic heterocycles. The van der Waals surface area contributed by atoms with Gasteiger partial charge in [-0.3, -0.25) is 9.55 Å². The van der Waals surface area contributed by atoms with Gasteiger partial charge in [0.2, 0.25) is 0 Å². The van der Waals surface area contributed by atoms with Gasteiger partial charge >= 0.3 is 0 Å². The Morgan fingerprint density at radius 2 is 1.12 bits per heavy atom. The summed E-state index contributed by atoms with van der Waals surface area (Å²) in [7, 11) is 0. The maximum Gasteiger partial charge on any atom is 0.149 e. The van der Waals surface area contributed by atoms with Crippen molar-refractivity contribution in [1.82, 2.24) is 14.5 Å². The van der Waals surface area contributed by atoms with E-state index in [0.717, 1.165) is 83.6 Å². The molecular weight excluding hydrogens is 803 g/mol. The molecule has 1 atom stereocenters. The van der Waals surface area contributed by atoms with Crippen LogP contribution in [0.5, 0.6) is 5.75 Å². The smallest absolute Gasteiger partial charge is 0.149 e. The molecular formula is C62H61N3O. The van der Waals surface area contributed by atoms with Crippen LogP contribution in [0, 0.1) is 0 Å². The van der Waals surface area contributed by atoms with E-state index >= 15 is 0 Å². The van der Waals surface area contributed by atoms with Crippen LogP contribution in [-0.4, -0.2) is 19.6 Å². The Morgan fingerprint density at radius 3 is 1.77 bits per heavy atom. The van der Waals surface area contributed by atoms with Crippen LogP contribution in [0.3, 0.4) is 0 Å². The highest BCUT2D eigenvalue weighted by Gasteiger charge is 2.30. The number of imidazole rings is 1. The lowest BCUT2D eigenvalue weighted by atomic mass is 9.79. The van der Waals surface area contributed by atoms with E-state index in [4.69, 9.17) is 9.97 Å². The molecule has 0 spiro atoms. The van der Waals surface area contributed by atoms with Gasteiger partial charge in [0.05, 0.1) is 28.0 Å². The zero-order chi connectivity index (χ0) is 47.5. The SMILES string of the molecule is [2H]C(C)(c1ccccc1)c1cc(-c2cc(-c3ccccc3)ccn2)cc(-c2cccc3c2nc(-c2cc(C(C)(C)C)cc(C(C)(C)C)c2O)n3-c2ccc(C(C)(C)C)cc2-c2ccccc2)c1. The maximum absolute atomic E-state index is 12.6. The van der Waals surface area contributed by atoms with Crippen molar-refractivity contribution >= 4 is 11.0 Å². The number of rotatable bonds is 8. The van der Waals surface area contributed by atoms with Crippen molar-refractivity contribution in [3.63, 3.8) is 0 Å². The van der Waals surface area contributed by atoms with E-state index in [9.17, 15) is 6.48 Å². The van der Waals surface area contributed by atoms with E-state index < -0.39 is 5.89 Å². The maximum atomic E-state index is 12.6. The molecule has 0 bridgehead atoms. The molecule has 9 rings (SSSR count). The van der Waals surface area contributed by atoms with Crippen LogP contribution in [0.15, 0.2) is 176 Å². The summed E-state index contributed by atoms with van der Waals surface area (Å²) < 4.78 is 12.3. The molecule has 4 nitrogen and oxygen atoms in total. The van der Waals surface area contributed by atoms with Crippen LogP contribution in [0.1, 0.15) is 104 Å². The molecule has 0 fully saturated rings. The topological polar surface area (TPSA) is 50.9 Å². The minimum atomic E-state index is -1.09. The molecule has 0 amide bonds. The fourth-order valence-corrected chi connectivity index (χ4v) is 9.01. The number of phenolic OH excluding ortho intramolecular Hbond substituents is 1. The molecule has 1 N–H and O–H groups in total. The van der Waals surface area contributed by atoms with Gasteiger partial charge in [-0.05, 0) is 109 Å². The van der Waals surface area contributed by atoms with E-state index in [1.165, 1.54) is 5.56 Å². The summed E-state index contributed by atoms with van der Waals surface area (Å²) in [5.41, 5.74) is 15.5. The third kappa shape index (κ3) is 8.61. The first-order valence-electron chi connectivity index (χ1n) is 23.6. The molecule has 0 aliphatic carbocycles. The minimum Gasteiger partial charge on any atom is -0.507 e. The molecule has 0 saturated carbocycles. The third-order valence-electron chi connectivity index (χ3n) is 12.9. The van der Waals surface area contributed by atoms with Crippen LogP contribution in [0.25, 0.3) is 72.7 Å². The van der Waals surface area contributed by atoms with Crippen molar-refractivity contribution in [2.45, 2.75) is 91.4 Å². The van der Waals surface area contributed by atoms with Crippen LogP contribution in [0.2, 0.25) is 0 Å². The van der Waals surface area contributed by atoms with Gasteiger partial charge in [-0.2, -0.15) is 0 Å². The molecule has 4 heteroatoms. The number of hydrogen-bond donors (Lipinski definition) is 1. The molecule has 66 heavy (non-hydrogen) atoms. The van der Waals surface area contributed by atoms with Gasteiger partial charge in [0, 0.05) is 35.7 Å². The second-order valence-electron chi connectivity index (χ2n) is 20.8. The highest BCUT2D eigenvalue weighted by Crippen LogP contribution is 2.46. The number of hydrogen-bond acceptors (Lipinski definition) is 3. The molecule has 9 aromatic rings. The number of phenols is 1. The fraction of sp³-hybridized carbons (Fsp3) is 0.226. The van der Waals surface area contributed by atoms with E-state index in [-0.39, 0.29) is 22.0 Å².